The summed E-state index contributed by atoms with van der Waals surface area (Å²) >= 11 is 0. The molecule has 4 aromatic rings. The summed E-state index contributed by atoms with van der Waals surface area (Å²) in [4.78, 5) is 17.5. The third kappa shape index (κ3) is 3.76. The summed E-state index contributed by atoms with van der Waals surface area (Å²) < 4.78 is 5.30. The first-order valence-electron chi connectivity index (χ1n) is 11.0. The molecule has 1 aromatic heterocycles. The van der Waals surface area contributed by atoms with Crippen molar-refractivity contribution >= 4 is 22.5 Å². The number of aromatic nitrogens is 1. The van der Waals surface area contributed by atoms with Crippen LogP contribution in [-0.4, -0.2) is 28.7 Å². The fraction of sp³-hybridized carbons (Fsp3) is 0.179. The van der Waals surface area contributed by atoms with Crippen molar-refractivity contribution in [2.45, 2.75) is 26.3 Å². The minimum atomic E-state index is -0.169. The Balaban J connectivity index is 1.68. The fourth-order valence-electron chi connectivity index (χ4n) is 4.63. The molecule has 1 atom stereocenters. The summed E-state index contributed by atoms with van der Waals surface area (Å²) in [5.74, 6) is 0.701. The van der Waals surface area contributed by atoms with Crippen LogP contribution in [0.25, 0.3) is 22.0 Å². The molecule has 5 rings (SSSR count). The maximum atomic E-state index is 12.6. The van der Waals surface area contributed by atoms with Crippen molar-refractivity contribution in [2.24, 2.45) is 5.10 Å². The predicted molar refractivity (Wildman–Crippen MR) is 131 cm³/mol. The number of pyridine rings is 1. The summed E-state index contributed by atoms with van der Waals surface area (Å²) in [6, 6.07) is 26.2. The monoisotopic (exact) mass is 435 g/mol. The number of benzene rings is 3. The number of ether oxygens (including phenoxy) is 1. The second-order valence-corrected chi connectivity index (χ2v) is 8.23. The van der Waals surface area contributed by atoms with Crippen LogP contribution in [0.1, 0.15) is 36.2 Å². The molecule has 0 saturated carbocycles. The van der Waals surface area contributed by atoms with E-state index in [-0.39, 0.29) is 11.9 Å². The normalized spacial score (nSPS) is 15.5. The molecule has 33 heavy (non-hydrogen) atoms. The van der Waals surface area contributed by atoms with Crippen molar-refractivity contribution in [1.82, 2.24) is 9.99 Å². The number of aryl methyl sites for hydroxylation is 1. The number of nitrogens with zero attached hydrogens (tertiary/aromatic N) is 3. The lowest BCUT2D eigenvalue weighted by molar-refractivity contribution is -0.130. The molecule has 5 nitrogen and oxygen atoms in total. The predicted octanol–water partition coefficient (Wildman–Crippen LogP) is 5.92. The standard InChI is InChI=1S/C28H25N3O2/c1-18-27(28(21-9-5-4-6-10-21)23-11-7-8-12-24(23)29-18)25-17-26(31(30-25)19(2)32)20-13-15-22(33-3)16-14-20/h4-16,26H,17H2,1-3H3/t26-/m0/s1. The smallest absolute Gasteiger partial charge is 0.240 e. The van der Waals surface area contributed by atoms with Gasteiger partial charge < -0.3 is 4.74 Å². The number of carbonyl (C=O) groups is 1. The number of hydrazone groups is 1. The second kappa shape index (κ2) is 8.51. The topological polar surface area (TPSA) is 54.8 Å². The summed E-state index contributed by atoms with van der Waals surface area (Å²) in [5.41, 5.74) is 6.98. The first-order chi connectivity index (χ1) is 16.1. The van der Waals surface area contributed by atoms with Gasteiger partial charge in [0.2, 0.25) is 5.91 Å². The Bertz CT molecular complexity index is 1360. The average molecular weight is 436 g/mol. The van der Waals surface area contributed by atoms with Gasteiger partial charge in [-0.15, -0.1) is 0 Å². The Hall–Kier alpha value is -3.99. The van der Waals surface area contributed by atoms with Crippen LogP contribution in [0.5, 0.6) is 5.75 Å². The van der Waals surface area contributed by atoms with Crippen LogP contribution < -0.4 is 4.74 Å². The summed E-state index contributed by atoms with van der Waals surface area (Å²) in [6.45, 7) is 3.59. The Morgan fingerprint density at radius 3 is 2.33 bits per heavy atom. The number of fused-ring (bicyclic) bond motifs is 1. The molecule has 0 aliphatic carbocycles. The zero-order chi connectivity index (χ0) is 22.9. The number of carbonyl (C=O) groups excluding carboxylic acids is 1. The van der Waals surface area contributed by atoms with Crippen LogP contribution in [0.4, 0.5) is 0 Å². The van der Waals surface area contributed by atoms with Crippen molar-refractivity contribution in [3.8, 4) is 16.9 Å². The van der Waals surface area contributed by atoms with E-state index in [1.807, 2.05) is 67.6 Å². The molecule has 0 bridgehead atoms. The van der Waals surface area contributed by atoms with Gasteiger partial charge in [-0.1, -0.05) is 60.7 Å². The number of methoxy groups -OCH3 is 1. The van der Waals surface area contributed by atoms with E-state index in [1.165, 1.54) is 0 Å². The molecule has 3 aromatic carbocycles. The van der Waals surface area contributed by atoms with Crippen LogP contribution >= 0.6 is 0 Å². The van der Waals surface area contributed by atoms with Crippen molar-refractivity contribution in [2.75, 3.05) is 7.11 Å². The lowest BCUT2D eigenvalue weighted by Crippen LogP contribution is -2.24. The largest absolute Gasteiger partial charge is 0.497 e. The molecule has 0 N–H and O–H groups in total. The fourth-order valence-corrected chi connectivity index (χ4v) is 4.63. The number of hydrogen-bond acceptors (Lipinski definition) is 4. The number of para-hydroxylation sites is 1. The molecule has 0 saturated heterocycles. The number of rotatable bonds is 4. The minimum Gasteiger partial charge on any atom is -0.497 e. The van der Waals surface area contributed by atoms with Gasteiger partial charge in [0.05, 0.1) is 24.4 Å². The SMILES string of the molecule is COc1ccc([C@@H]2CC(c3c(C)nc4ccccc4c3-c3ccccc3)=NN2C(C)=O)cc1. The zero-order valence-corrected chi connectivity index (χ0v) is 18.9. The lowest BCUT2D eigenvalue weighted by atomic mass is 9.89. The van der Waals surface area contributed by atoms with Gasteiger partial charge in [0, 0.05) is 35.6 Å². The van der Waals surface area contributed by atoms with Gasteiger partial charge in [-0.3, -0.25) is 9.78 Å². The van der Waals surface area contributed by atoms with Crippen LogP contribution in [0.15, 0.2) is 84.0 Å². The molecule has 2 heterocycles. The summed E-state index contributed by atoms with van der Waals surface area (Å²) in [7, 11) is 1.65. The molecule has 164 valence electrons. The van der Waals surface area contributed by atoms with E-state index in [4.69, 9.17) is 14.8 Å². The number of amides is 1. The van der Waals surface area contributed by atoms with E-state index in [9.17, 15) is 4.79 Å². The molecule has 0 spiro atoms. The van der Waals surface area contributed by atoms with Crippen LogP contribution in [0, 0.1) is 6.92 Å². The quantitative estimate of drug-likeness (QED) is 0.400. The van der Waals surface area contributed by atoms with E-state index < -0.39 is 0 Å². The van der Waals surface area contributed by atoms with Crippen LogP contribution in [0.3, 0.4) is 0 Å². The van der Waals surface area contributed by atoms with Crippen LogP contribution in [0.2, 0.25) is 0 Å². The molecule has 1 aliphatic heterocycles. The van der Waals surface area contributed by atoms with Crippen LogP contribution in [-0.2, 0) is 4.79 Å². The van der Waals surface area contributed by atoms with Crippen molar-refractivity contribution in [1.29, 1.82) is 0 Å². The first kappa shape index (κ1) is 20.9. The lowest BCUT2D eigenvalue weighted by Gasteiger charge is -2.20. The Morgan fingerprint density at radius 2 is 1.64 bits per heavy atom. The summed E-state index contributed by atoms with van der Waals surface area (Å²) in [5, 5.41) is 7.52. The van der Waals surface area contributed by atoms with Gasteiger partial charge >= 0.3 is 0 Å². The maximum Gasteiger partial charge on any atom is 0.240 e. The van der Waals surface area contributed by atoms with Gasteiger partial charge in [0.15, 0.2) is 0 Å². The molecule has 0 fully saturated rings. The third-order valence-electron chi connectivity index (χ3n) is 6.16. The minimum absolute atomic E-state index is 0.0847. The van der Waals surface area contributed by atoms with E-state index in [1.54, 1.807) is 19.0 Å². The molecule has 1 amide bonds. The van der Waals surface area contributed by atoms with E-state index in [0.717, 1.165) is 50.3 Å². The summed E-state index contributed by atoms with van der Waals surface area (Å²) in [6.07, 6.45) is 0.618. The molecule has 5 heteroatoms. The van der Waals surface area contributed by atoms with Gasteiger partial charge in [-0.05, 0) is 36.2 Å². The highest BCUT2D eigenvalue weighted by Crippen LogP contribution is 2.39. The van der Waals surface area contributed by atoms with Crippen molar-refractivity contribution in [3.05, 3.63) is 95.7 Å². The highest BCUT2D eigenvalue weighted by Gasteiger charge is 2.33. The number of hydrogen-bond donors (Lipinski definition) is 0. The molecular formula is C28H25N3O2. The zero-order valence-electron chi connectivity index (χ0n) is 18.9. The highest BCUT2D eigenvalue weighted by atomic mass is 16.5. The van der Waals surface area contributed by atoms with E-state index in [2.05, 4.69) is 18.2 Å². The molecule has 0 radical (unpaired) electrons. The highest BCUT2D eigenvalue weighted by molar-refractivity contribution is 6.13. The van der Waals surface area contributed by atoms with Gasteiger partial charge in [-0.25, -0.2) is 5.01 Å². The first-order valence-corrected chi connectivity index (χ1v) is 11.0. The molecule has 1 aliphatic rings. The Morgan fingerprint density at radius 1 is 0.939 bits per heavy atom. The van der Waals surface area contributed by atoms with Gasteiger partial charge in [-0.2, -0.15) is 5.10 Å². The van der Waals surface area contributed by atoms with Gasteiger partial charge in [0.1, 0.15) is 5.75 Å². The second-order valence-electron chi connectivity index (χ2n) is 8.23. The third-order valence-corrected chi connectivity index (χ3v) is 6.16. The van der Waals surface area contributed by atoms with Crippen molar-refractivity contribution < 1.29 is 9.53 Å². The molecular weight excluding hydrogens is 410 g/mol. The molecule has 0 unspecified atom stereocenters. The average Bonchev–Trinajstić information content (AvgIpc) is 3.29. The van der Waals surface area contributed by atoms with Crippen molar-refractivity contribution in [3.63, 3.8) is 0 Å². The Labute approximate surface area is 193 Å². The van der Waals surface area contributed by atoms with E-state index >= 15 is 0 Å². The van der Waals surface area contributed by atoms with Gasteiger partial charge in [0.25, 0.3) is 0 Å². The maximum absolute atomic E-state index is 12.6. The Kier molecular flexibility index (Phi) is 5.38. The van der Waals surface area contributed by atoms with E-state index in [0.29, 0.717) is 6.42 Å².